The molecule has 0 aromatic heterocycles. The van der Waals surface area contributed by atoms with Crippen LogP contribution in [-0.2, 0) is 0 Å². The van der Waals surface area contributed by atoms with Crippen LogP contribution in [0.5, 0.6) is 0 Å². The highest BCUT2D eigenvalue weighted by Gasteiger charge is 2.25. The third kappa shape index (κ3) is 3.79. The Balaban J connectivity index is 2.66. The van der Waals surface area contributed by atoms with Crippen molar-refractivity contribution in [2.75, 3.05) is 6.54 Å². The van der Waals surface area contributed by atoms with E-state index in [1.54, 1.807) is 19.1 Å². The van der Waals surface area contributed by atoms with Crippen molar-refractivity contribution >= 4 is 0 Å². The van der Waals surface area contributed by atoms with Gasteiger partial charge in [0.15, 0.2) is 0 Å². The molecule has 0 bridgehead atoms. The number of hydrogen-bond donors (Lipinski definition) is 2. The topological polar surface area (TPSA) is 32.3 Å². The van der Waals surface area contributed by atoms with Gasteiger partial charge in [-0.25, -0.2) is 4.39 Å². The summed E-state index contributed by atoms with van der Waals surface area (Å²) in [5.74, 6) is -0.0104. The molecule has 1 aromatic rings. The lowest BCUT2D eigenvalue weighted by Gasteiger charge is -2.29. The van der Waals surface area contributed by atoms with Crippen molar-refractivity contribution < 1.29 is 9.50 Å². The van der Waals surface area contributed by atoms with Gasteiger partial charge in [-0.2, -0.15) is 0 Å². The lowest BCUT2D eigenvalue weighted by Crippen LogP contribution is -2.42. The van der Waals surface area contributed by atoms with Crippen molar-refractivity contribution in [3.05, 3.63) is 35.1 Å². The summed E-state index contributed by atoms with van der Waals surface area (Å²) < 4.78 is 13.5. The van der Waals surface area contributed by atoms with Crippen molar-refractivity contribution in [1.82, 2.24) is 5.32 Å². The first-order valence-corrected chi connectivity index (χ1v) is 6.46. The van der Waals surface area contributed by atoms with Crippen molar-refractivity contribution in [2.24, 2.45) is 5.92 Å². The molecule has 0 aliphatic rings. The smallest absolute Gasteiger partial charge is 0.126 e. The van der Waals surface area contributed by atoms with Crippen LogP contribution in [0.15, 0.2) is 18.2 Å². The largest absolute Gasteiger partial charge is 0.389 e. The molecule has 0 saturated carbocycles. The average molecular weight is 253 g/mol. The van der Waals surface area contributed by atoms with Crippen LogP contribution in [-0.4, -0.2) is 17.3 Å². The Morgan fingerprint density at radius 3 is 2.44 bits per heavy atom. The zero-order chi connectivity index (χ0) is 13.9. The van der Waals surface area contributed by atoms with Crippen LogP contribution in [0.1, 0.15) is 44.9 Å². The Bertz CT molecular complexity index is 401. The maximum Gasteiger partial charge on any atom is 0.126 e. The highest BCUT2D eigenvalue weighted by molar-refractivity contribution is 5.25. The van der Waals surface area contributed by atoms with E-state index < -0.39 is 5.60 Å². The summed E-state index contributed by atoms with van der Waals surface area (Å²) in [6.45, 7) is 9.99. The second kappa shape index (κ2) is 5.81. The van der Waals surface area contributed by atoms with Crippen LogP contribution >= 0.6 is 0 Å². The molecule has 1 rings (SSSR count). The molecule has 1 aromatic carbocycles. The first-order chi connectivity index (χ1) is 8.24. The Morgan fingerprint density at radius 1 is 1.33 bits per heavy atom. The van der Waals surface area contributed by atoms with Gasteiger partial charge in [0.25, 0.3) is 0 Å². The number of nitrogens with one attached hydrogen (secondary N) is 1. The summed E-state index contributed by atoms with van der Waals surface area (Å²) in [4.78, 5) is 0. The van der Waals surface area contributed by atoms with Crippen molar-refractivity contribution in [3.63, 3.8) is 0 Å². The summed E-state index contributed by atoms with van der Waals surface area (Å²) in [5, 5.41) is 13.4. The van der Waals surface area contributed by atoms with Crippen molar-refractivity contribution in [2.45, 2.75) is 46.3 Å². The summed E-state index contributed by atoms with van der Waals surface area (Å²) >= 11 is 0. The van der Waals surface area contributed by atoms with Crippen LogP contribution in [0, 0.1) is 18.7 Å². The number of rotatable bonds is 5. The van der Waals surface area contributed by atoms with E-state index >= 15 is 0 Å². The Hall–Kier alpha value is -0.930. The molecule has 102 valence electrons. The van der Waals surface area contributed by atoms with Crippen LogP contribution in [0.3, 0.4) is 0 Å². The number of benzene rings is 1. The van der Waals surface area contributed by atoms with Gasteiger partial charge in [-0.1, -0.05) is 26.0 Å². The predicted molar refractivity (Wildman–Crippen MR) is 73.0 cm³/mol. The summed E-state index contributed by atoms with van der Waals surface area (Å²) in [6.07, 6.45) is 0. The van der Waals surface area contributed by atoms with Gasteiger partial charge >= 0.3 is 0 Å². The first kappa shape index (κ1) is 15.1. The maximum absolute atomic E-state index is 13.5. The van der Waals surface area contributed by atoms with E-state index in [4.69, 9.17) is 0 Å². The highest BCUT2D eigenvalue weighted by atomic mass is 19.1. The van der Waals surface area contributed by atoms with E-state index in [-0.39, 0.29) is 17.8 Å². The third-order valence-corrected chi connectivity index (χ3v) is 3.71. The van der Waals surface area contributed by atoms with Crippen LogP contribution in [0.25, 0.3) is 0 Å². The fourth-order valence-corrected chi connectivity index (χ4v) is 1.56. The molecule has 0 fully saturated rings. The van der Waals surface area contributed by atoms with E-state index in [1.807, 2.05) is 33.8 Å². The molecule has 0 heterocycles. The molecule has 0 aliphatic carbocycles. The standard InChI is InChI=1S/C15H24FNO/c1-10(2)15(5,18)9-17-12(4)13-7-6-11(3)14(16)8-13/h6-8,10,12,17-18H,9H2,1-5H3. The van der Waals surface area contributed by atoms with E-state index in [0.29, 0.717) is 12.1 Å². The SMILES string of the molecule is Cc1ccc(C(C)NCC(C)(O)C(C)C)cc1F. The van der Waals surface area contributed by atoms with Gasteiger partial charge in [-0.15, -0.1) is 0 Å². The van der Waals surface area contributed by atoms with Gasteiger partial charge in [0.1, 0.15) is 5.82 Å². The Kier molecular flexibility index (Phi) is 4.88. The number of aliphatic hydroxyl groups is 1. The highest BCUT2D eigenvalue weighted by Crippen LogP contribution is 2.19. The fraction of sp³-hybridized carbons (Fsp3) is 0.600. The zero-order valence-corrected chi connectivity index (χ0v) is 11.9. The molecular weight excluding hydrogens is 229 g/mol. The molecule has 2 N–H and O–H groups in total. The summed E-state index contributed by atoms with van der Waals surface area (Å²) in [6, 6.07) is 5.27. The lowest BCUT2D eigenvalue weighted by molar-refractivity contribution is 0.0122. The van der Waals surface area contributed by atoms with Gasteiger partial charge in [0.2, 0.25) is 0 Å². The second-order valence-electron chi connectivity index (χ2n) is 5.62. The minimum absolute atomic E-state index is 0.0188. The molecule has 0 radical (unpaired) electrons. The van der Waals surface area contributed by atoms with E-state index in [1.165, 1.54) is 0 Å². The minimum atomic E-state index is -0.752. The Morgan fingerprint density at radius 2 is 1.94 bits per heavy atom. The average Bonchev–Trinajstić information content (AvgIpc) is 2.29. The zero-order valence-electron chi connectivity index (χ0n) is 11.9. The molecule has 0 aliphatic heterocycles. The van der Waals surface area contributed by atoms with Crippen LogP contribution in [0.2, 0.25) is 0 Å². The third-order valence-electron chi connectivity index (χ3n) is 3.71. The molecule has 2 nitrogen and oxygen atoms in total. The van der Waals surface area contributed by atoms with E-state index in [9.17, 15) is 9.50 Å². The van der Waals surface area contributed by atoms with Gasteiger partial charge < -0.3 is 10.4 Å². The van der Waals surface area contributed by atoms with E-state index in [0.717, 1.165) is 5.56 Å². The minimum Gasteiger partial charge on any atom is -0.389 e. The Labute approximate surface area is 109 Å². The molecule has 0 amide bonds. The molecule has 3 heteroatoms. The molecule has 0 saturated heterocycles. The second-order valence-corrected chi connectivity index (χ2v) is 5.62. The molecule has 18 heavy (non-hydrogen) atoms. The van der Waals surface area contributed by atoms with Crippen molar-refractivity contribution in [1.29, 1.82) is 0 Å². The first-order valence-electron chi connectivity index (χ1n) is 6.46. The predicted octanol–water partition coefficient (Wildman–Crippen LogP) is 3.19. The van der Waals surface area contributed by atoms with Crippen molar-refractivity contribution in [3.8, 4) is 0 Å². The molecule has 2 unspecified atom stereocenters. The lowest BCUT2D eigenvalue weighted by atomic mass is 9.92. The van der Waals surface area contributed by atoms with Crippen LogP contribution in [0.4, 0.5) is 4.39 Å². The summed E-state index contributed by atoms with van der Waals surface area (Å²) in [7, 11) is 0. The van der Waals surface area contributed by atoms with Crippen LogP contribution < -0.4 is 5.32 Å². The molecule has 2 atom stereocenters. The van der Waals surface area contributed by atoms with Gasteiger partial charge in [-0.3, -0.25) is 0 Å². The van der Waals surface area contributed by atoms with Gasteiger partial charge in [0.05, 0.1) is 5.60 Å². The number of aryl methyl sites for hydroxylation is 1. The normalized spacial score (nSPS) is 16.7. The fourth-order valence-electron chi connectivity index (χ4n) is 1.56. The molecular formula is C15H24FNO. The van der Waals surface area contributed by atoms with E-state index in [2.05, 4.69) is 5.32 Å². The number of hydrogen-bond acceptors (Lipinski definition) is 2. The monoisotopic (exact) mass is 253 g/mol. The molecule has 0 spiro atoms. The summed E-state index contributed by atoms with van der Waals surface area (Å²) in [5.41, 5.74) is 0.801. The van der Waals surface area contributed by atoms with Gasteiger partial charge in [0, 0.05) is 12.6 Å². The van der Waals surface area contributed by atoms with Gasteiger partial charge in [-0.05, 0) is 43.9 Å². The quantitative estimate of drug-likeness (QED) is 0.844. The number of halogens is 1. The maximum atomic E-state index is 13.5.